The van der Waals surface area contributed by atoms with Gasteiger partial charge in [-0.3, -0.25) is 4.79 Å². The number of amides is 1. The number of rotatable bonds is 3. The number of carbonyl (C=O) groups is 1. The Bertz CT molecular complexity index is 588. The minimum atomic E-state index is 0.0689. The average molecular weight is 315 g/mol. The molecule has 0 spiro atoms. The van der Waals surface area contributed by atoms with E-state index in [1.165, 1.54) is 12.8 Å². The number of benzene rings is 1. The summed E-state index contributed by atoms with van der Waals surface area (Å²) in [6.07, 6.45) is 8.16. The molecule has 23 heavy (non-hydrogen) atoms. The minimum absolute atomic E-state index is 0.0689. The summed E-state index contributed by atoms with van der Waals surface area (Å²) in [6.45, 7) is 3.45. The maximum absolute atomic E-state index is 12.4. The Morgan fingerprint density at radius 2 is 1.83 bits per heavy atom. The highest BCUT2D eigenvalue weighted by Gasteiger charge is 2.23. The molecule has 1 fully saturated rings. The van der Waals surface area contributed by atoms with Crippen LogP contribution in [0.5, 0.6) is 11.5 Å². The van der Waals surface area contributed by atoms with Gasteiger partial charge in [-0.05, 0) is 55.4 Å². The molecule has 4 heteroatoms. The van der Waals surface area contributed by atoms with Crippen LogP contribution in [0.3, 0.4) is 0 Å². The fraction of sp³-hybridized carbons (Fsp3) is 0.526. The van der Waals surface area contributed by atoms with Crippen LogP contribution in [0.2, 0.25) is 0 Å². The molecule has 1 heterocycles. The van der Waals surface area contributed by atoms with E-state index in [2.05, 4.69) is 6.92 Å². The molecule has 1 aliphatic heterocycles. The van der Waals surface area contributed by atoms with Gasteiger partial charge in [-0.25, -0.2) is 0 Å². The summed E-state index contributed by atoms with van der Waals surface area (Å²) in [4.78, 5) is 14.3. The van der Waals surface area contributed by atoms with E-state index in [1.54, 1.807) is 6.08 Å². The molecule has 3 rings (SSSR count). The Morgan fingerprint density at radius 3 is 2.57 bits per heavy atom. The summed E-state index contributed by atoms with van der Waals surface area (Å²) in [7, 11) is 1.91. The summed E-state index contributed by atoms with van der Waals surface area (Å²) >= 11 is 0. The molecule has 0 bridgehead atoms. The average Bonchev–Trinajstić information content (AvgIpc) is 2.59. The number of carbonyl (C=O) groups excluding carboxylic acids is 1. The van der Waals surface area contributed by atoms with E-state index in [1.807, 2.05) is 36.2 Å². The van der Waals surface area contributed by atoms with E-state index >= 15 is 0 Å². The molecular formula is C19H25NO3. The largest absolute Gasteiger partial charge is 0.486 e. The molecule has 0 radical (unpaired) electrons. The second-order valence-electron chi connectivity index (χ2n) is 6.60. The van der Waals surface area contributed by atoms with Crippen molar-refractivity contribution in [3.8, 4) is 11.5 Å². The zero-order chi connectivity index (χ0) is 16.2. The van der Waals surface area contributed by atoms with E-state index in [4.69, 9.17) is 9.47 Å². The molecule has 1 aliphatic carbocycles. The lowest BCUT2D eigenvalue weighted by atomic mass is 9.87. The fourth-order valence-corrected chi connectivity index (χ4v) is 3.26. The van der Waals surface area contributed by atoms with Gasteiger partial charge < -0.3 is 14.4 Å². The lowest BCUT2D eigenvalue weighted by Crippen LogP contribution is -2.38. The first-order valence-electron chi connectivity index (χ1n) is 8.48. The van der Waals surface area contributed by atoms with E-state index in [0.717, 1.165) is 35.8 Å². The van der Waals surface area contributed by atoms with Crippen LogP contribution in [0.1, 0.15) is 38.2 Å². The van der Waals surface area contributed by atoms with Gasteiger partial charge >= 0.3 is 0 Å². The second-order valence-corrected chi connectivity index (χ2v) is 6.60. The van der Waals surface area contributed by atoms with Crippen LogP contribution in [0.4, 0.5) is 0 Å². The van der Waals surface area contributed by atoms with Gasteiger partial charge in [0.15, 0.2) is 11.5 Å². The highest BCUT2D eigenvalue weighted by molar-refractivity contribution is 5.91. The van der Waals surface area contributed by atoms with Crippen LogP contribution >= 0.6 is 0 Å². The molecule has 4 nitrogen and oxygen atoms in total. The molecule has 0 N–H and O–H groups in total. The third-order valence-electron chi connectivity index (χ3n) is 4.87. The van der Waals surface area contributed by atoms with Crippen molar-refractivity contribution in [3.63, 3.8) is 0 Å². The van der Waals surface area contributed by atoms with Gasteiger partial charge in [0.1, 0.15) is 13.2 Å². The number of hydrogen-bond donors (Lipinski definition) is 0. The number of hydrogen-bond acceptors (Lipinski definition) is 3. The molecule has 1 aromatic rings. The SMILES string of the molecule is CC1CCC(N(C)C(=O)/C=C/c2ccc3c(c2)OCCO3)CC1. The Morgan fingerprint density at radius 1 is 1.13 bits per heavy atom. The van der Waals surface area contributed by atoms with E-state index in [9.17, 15) is 4.79 Å². The highest BCUT2D eigenvalue weighted by atomic mass is 16.6. The standard InChI is InChI=1S/C19H25NO3/c1-14-3-7-16(8-4-14)20(2)19(21)10-6-15-5-9-17-18(13-15)23-12-11-22-17/h5-6,9-10,13-14,16H,3-4,7-8,11-12H2,1-2H3/b10-6+. The third kappa shape index (κ3) is 3.87. The van der Waals surface area contributed by atoms with Crippen molar-refractivity contribution in [1.29, 1.82) is 0 Å². The zero-order valence-electron chi connectivity index (χ0n) is 14.0. The molecule has 0 saturated heterocycles. The van der Waals surface area contributed by atoms with Gasteiger partial charge in [0.05, 0.1) is 0 Å². The molecule has 0 atom stereocenters. The zero-order valence-corrected chi connectivity index (χ0v) is 14.0. The summed E-state index contributed by atoms with van der Waals surface area (Å²) in [5, 5.41) is 0. The third-order valence-corrected chi connectivity index (χ3v) is 4.87. The lowest BCUT2D eigenvalue weighted by molar-refractivity contribution is -0.127. The van der Waals surface area contributed by atoms with Gasteiger partial charge in [-0.2, -0.15) is 0 Å². The van der Waals surface area contributed by atoms with Crippen molar-refractivity contribution in [3.05, 3.63) is 29.8 Å². The van der Waals surface area contributed by atoms with Crippen molar-refractivity contribution in [2.24, 2.45) is 5.92 Å². The summed E-state index contributed by atoms with van der Waals surface area (Å²) in [5.74, 6) is 2.39. The predicted molar refractivity (Wildman–Crippen MR) is 90.7 cm³/mol. The maximum Gasteiger partial charge on any atom is 0.246 e. The van der Waals surface area contributed by atoms with E-state index in [-0.39, 0.29) is 5.91 Å². The van der Waals surface area contributed by atoms with Crippen molar-refractivity contribution < 1.29 is 14.3 Å². The van der Waals surface area contributed by atoms with Crippen molar-refractivity contribution in [1.82, 2.24) is 4.90 Å². The first-order chi connectivity index (χ1) is 11.1. The van der Waals surface area contributed by atoms with Gasteiger partial charge in [0.2, 0.25) is 5.91 Å². The first kappa shape index (κ1) is 15.9. The second kappa shape index (κ2) is 7.07. The quantitative estimate of drug-likeness (QED) is 0.801. The Labute approximate surface area is 138 Å². The molecule has 0 aromatic heterocycles. The van der Waals surface area contributed by atoms with Crippen LogP contribution in [-0.2, 0) is 4.79 Å². The number of ether oxygens (including phenoxy) is 2. The van der Waals surface area contributed by atoms with Gasteiger partial charge in [-0.1, -0.05) is 13.0 Å². The molecular weight excluding hydrogens is 290 g/mol. The molecule has 2 aliphatic rings. The van der Waals surface area contributed by atoms with E-state index < -0.39 is 0 Å². The number of likely N-dealkylation sites (N-methyl/N-ethyl adjacent to an activating group) is 1. The Kier molecular flexibility index (Phi) is 4.89. The molecule has 0 unspecified atom stereocenters. The maximum atomic E-state index is 12.4. The monoisotopic (exact) mass is 315 g/mol. The molecule has 124 valence electrons. The van der Waals surface area contributed by atoms with Crippen LogP contribution in [-0.4, -0.2) is 37.1 Å². The number of nitrogens with zero attached hydrogens (tertiary/aromatic N) is 1. The van der Waals surface area contributed by atoms with Crippen LogP contribution < -0.4 is 9.47 Å². The fourth-order valence-electron chi connectivity index (χ4n) is 3.26. The first-order valence-corrected chi connectivity index (χ1v) is 8.48. The van der Waals surface area contributed by atoms with E-state index in [0.29, 0.717) is 19.3 Å². The number of fused-ring (bicyclic) bond motifs is 1. The molecule has 1 saturated carbocycles. The van der Waals surface area contributed by atoms with Crippen LogP contribution in [0.15, 0.2) is 24.3 Å². The Balaban J connectivity index is 1.61. The molecule has 1 aromatic carbocycles. The minimum Gasteiger partial charge on any atom is -0.486 e. The summed E-state index contributed by atoms with van der Waals surface area (Å²) in [6, 6.07) is 6.13. The normalized spacial score (nSPS) is 23.7. The summed E-state index contributed by atoms with van der Waals surface area (Å²) < 4.78 is 11.1. The lowest BCUT2D eigenvalue weighted by Gasteiger charge is -2.33. The Hall–Kier alpha value is -1.97. The highest BCUT2D eigenvalue weighted by Crippen LogP contribution is 2.31. The van der Waals surface area contributed by atoms with Gasteiger partial charge in [0.25, 0.3) is 0 Å². The van der Waals surface area contributed by atoms with Crippen molar-refractivity contribution in [2.75, 3.05) is 20.3 Å². The van der Waals surface area contributed by atoms with Crippen LogP contribution in [0, 0.1) is 5.92 Å². The topological polar surface area (TPSA) is 38.8 Å². The van der Waals surface area contributed by atoms with Gasteiger partial charge in [0, 0.05) is 19.2 Å². The smallest absolute Gasteiger partial charge is 0.246 e. The summed E-state index contributed by atoms with van der Waals surface area (Å²) in [5.41, 5.74) is 0.952. The predicted octanol–water partition coefficient (Wildman–Crippen LogP) is 3.51. The van der Waals surface area contributed by atoms with Gasteiger partial charge in [-0.15, -0.1) is 0 Å². The molecule has 1 amide bonds. The van der Waals surface area contributed by atoms with Crippen LogP contribution in [0.25, 0.3) is 6.08 Å². The van der Waals surface area contributed by atoms with Crippen molar-refractivity contribution >= 4 is 12.0 Å². The van der Waals surface area contributed by atoms with Crippen molar-refractivity contribution in [2.45, 2.75) is 38.6 Å².